The van der Waals surface area contributed by atoms with Gasteiger partial charge >= 0.3 is 0 Å². The zero-order chi connectivity index (χ0) is 17.5. The van der Waals surface area contributed by atoms with Gasteiger partial charge in [-0.25, -0.2) is 13.1 Å². The second-order valence-corrected chi connectivity index (χ2v) is 10.6. The van der Waals surface area contributed by atoms with E-state index in [1.165, 1.54) is 5.69 Å². The molecule has 4 nitrogen and oxygen atoms in total. The van der Waals surface area contributed by atoms with Crippen LogP contribution in [-0.4, -0.2) is 24.2 Å². The third-order valence-corrected chi connectivity index (χ3v) is 7.51. The molecule has 1 aromatic carbocycles. The minimum Gasteiger partial charge on any atom is -0.358 e. The Morgan fingerprint density at radius 3 is 2.42 bits per heavy atom. The summed E-state index contributed by atoms with van der Waals surface area (Å²) in [5.74, 6) is 0.434. The number of hydrogen-bond acceptors (Lipinski definition) is 2. The monoisotopic (exact) mass is 368 g/mol. The standard InChI is InChI=1S/C18H25ClN2O2S/c1-18(2,3)24(22,23)21-13-9-7-12(8-10-13)17-11-14-15(19)5-4-6-16(14)20-17/h4-6,11-13,20-21H,7-10H2,1-3H3. The van der Waals surface area contributed by atoms with Crippen LogP contribution in [-0.2, 0) is 10.0 Å². The highest BCUT2D eigenvalue weighted by Gasteiger charge is 2.33. The molecule has 1 fully saturated rings. The lowest BCUT2D eigenvalue weighted by Crippen LogP contribution is -2.45. The van der Waals surface area contributed by atoms with Crippen molar-refractivity contribution in [2.24, 2.45) is 0 Å². The molecular weight excluding hydrogens is 344 g/mol. The van der Waals surface area contributed by atoms with Gasteiger partial charge in [0, 0.05) is 27.7 Å². The van der Waals surface area contributed by atoms with E-state index >= 15 is 0 Å². The van der Waals surface area contributed by atoms with Crippen molar-refractivity contribution >= 4 is 32.5 Å². The number of hydrogen-bond donors (Lipinski definition) is 2. The van der Waals surface area contributed by atoms with Crippen LogP contribution in [0, 0.1) is 0 Å². The van der Waals surface area contributed by atoms with E-state index in [9.17, 15) is 8.42 Å². The van der Waals surface area contributed by atoms with Crippen molar-refractivity contribution in [2.45, 2.75) is 63.2 Å². The van der Waals surface area contributed by atoms with Crippen LogP contribution >= 0.6 is 11.6 Å². The fourth-order valence-electron chi connectivity index (χ4n) is 3.28. The third kappa shape index (κ3) is 3.48. The zero-order valence-corrected chi connectivity index (χ0v) is 16.0. The lowest BCUT2D eigenvalue weighted by atomic mass is 9.84. The number of benzene rings is 1. The molecular formula is C18H25ClN2O2S. The predicted molar refractivity (Wildman–Crippen MR) is 100 cm³/mol. The molecule has 2 aromatic rings. The molecule has 0 unspecified atom stereocenters. The van der Waals surface area contributed by atoms with Gasteiger partial charge in [-0.2, -0.15) is 0 Å². The topological polar surface area (TPSA) is 62.0 Å². The molecule has 24 heavy (non-hydrogen) atoms. The first-order valence-corrected chi connectivity index (χ1v) is 10.3. The fourth-order valence-corrected chi connectivity index (χ4v) is 4.54. The van der Waals surface area contributed by atoms with Gasteiger partial charge in [-0.15, -0.1) is 0 Å². The van der Waals surface area contributed by atoms with Gasteiger partial charge in [-0.1, -0.05) is 17.7 Å². The van der Waals surface area contributed by atoms with Crippen molar-refractivity contribution in [3.8, 4) is 0 Å². The summed E-state index contributed by atoms with van der Waals surface area (Å²) < 4.78 is 26.7. The maximum Gasteiger partial charge on any atom is 0.216 e. The van der Waals surface area contributed by atoms with E-state index < -0.39 is 14.8 Å². The predicted octanol–water partition coefficient (Wildman–Crippen LogP) is 4.57. The summed E-state index contributed by atoms with van der Waals surface area (Å²) in [5, 5.41) is 1.83. The van der Waals surface area contributed by atoms with Crippen LogP contribution in [0.25, 0.3) is 10.9 Å². The minimum atomic E-state index is -3.28. The number of aromatic nitrogens is 1. The van der Waals surface area contributed by atoms with E-state index in [1.807, 2.05) is 18.2 Å². The minimum absolute atomic E-state index is 0.0402. The summed E-state index contributed by atoms with van der Waals surface area (Å²) in [7, 11) is -3.28. The molecule has 2 N–H and O–H groups in total. The lowest BCUT2D eigenvalue weighted by molar-refractivity contribution is 0.368. The molecule has 0 amide bonds. The number of rotatable bonds is 3. The molecule has 1 heterocycles. The number of sulfonamides is 1. The summed E-state index contributed by atoms with van der Waals surface area (Å²) in [4.78, 5) is 3.47. The number of aromatic amines is 1. The second-order valence-electron chi connectivity index (χ2n) is 7.71. The second kappa shape index (κ2) is 6.36. The van der Waals surface area contributed by atoms with Crippen LogP contribution < -0.4 is 4.72 Å². The van der Waals surface area contributed by atoms with E-state index in [2.05, 4.69) is 15.8 Å². The molecule has 1 aliphatic carbocycles. The third-order valence-electron chi connectivity index (χ3n) is 4.93. The van der Waals surface area contributed by atoms with E-state index in [-0.39, 0.29) is 6.04 Å². The smallest absolute Gasteiger partial charge is 0.216 e. The zero-order valence-electron chi connectivity index (χ0n) is 14.4. The highest BCUT2D eigenvalue weighted by molar-refractivity contribution is 7.90. The Morgan fingerprint density at radius 1 is 1.17 bits per heavy atom. The van der Waals surface area contributed by atoms with Crippen LogP contribution in [0.1, 0.15) is 58.1 Å². The highest BCUT2D eigenvalue weighted by atomic mass is 35.5. The van der Waals surface area contributed by atoms with E-state index in [0.29, 0.717) is 5.92 Å². The van der Waals surface area contributed by atoms with Crippen LogP contribution in [0.4, 0.5) is 0 Å². The first kappa shape index (κ1) is 17.8. The SMILES string of the molecule is CC(C)(C)S(=O)(=O)NC1CCC(c2cc3c(Cl)cccc3[nH]2)CC1. The lowest BCUT2D eigenvalue weighted by Gasteiger charge is -2.31. The number of H-pyrrole nitrogens is 1. The van der Waals surface area contributed by atoms with Gasteiger partial charge < -0.3 is 4.98 Å². The van der Waals surface area contributed by atoms with E-state index in [1.54, 1.807) is 20.8 Å². The quantitative estimate of drug-likeness (QED) is 0.833. The molecule has 132 valence electrons. The van der Waals surface area contributed by atoms with Crippen molar-refractivity contribution in [3.05, 3.63) is 35.0 Å². The normalized spacial score (nSPS) is 22.8. The Hall–Kier alpha value is -1.04. The van der Waals surface area contributed by atoms with Crippen molar-refractivity contribution < 1.29 is 8.42 Å². The van der Waals surface area contributed by atoms with Crippen molar-refractivity contribution in [2.75, 3.05) is 0 Å². The molecule has 1 saturated carbocycles. The molecule has 0 atom stereocenters. The molecule has 0 spiro atoms. The van der Waals surface area contributed by atoms with Crippen molar-refractivity contribution in [1.82, 2.24) is 9.71 Å². The molecule has 0 radical (unpaired) electrons. The van der Waals surface area contributed by atoms with Gasteiger partial charge in [0.15, 0.2) is 0 Å². The molecule has 3 rings (SSSR count). The average molecular weight is 369 g/mol. The molecule has 0 aliphatic heterocycles. The Morgan fingerprint density at radius 2 is 1.83 bits per heavy atom. The van der Waals surface area contributed by atoms with E-state index in [0.717, 1.165) is 41.6 Å². The van der Waals surface area contributed by atoms with Gasteiger partial charge in [-0.05, 0) is 70.6 Å². The summed E-state index contributed by atoms with van der Waals surface area (Å²) in [6.45, 7) is 5.19. The Balaban J connectivity index is 1.67. The first-order valence-electron chi connectivity index (χ1n) is 8.46. The summed E-state index contributed by atoms with van der Waals surface area (Å²) in [6.07, 6.45) is 3.68. The Labute approximate surface area is 149 Å². The molecule has 6 heteroatoms. The molecule has 0 bridgehead atoms. The molecule has 0 saturated heterocycles. The highest BCUT2D eigenvalue weighted by Crippen LogP contribution is 2.36. The number of fused-ring (bicyclic) bond motifs is 1. The van der Waals surface area contributed by atoms with E-state index in [4.69, 9.17) is 11.6 Å². The average Bonchev–Trinajstić information content (AvgIpc) is 2.92. The first-order chi connectivity index (χ1) is 11.2. The summed E-state index contributed by atoms with van der Waals surface area (Å²) in [6, 6.07) is 8.07. The van der Waals surface area contributed by atoms with Gasteiger partial charge in [-0.3, -0.25) is 0 Å². The van der Waals surface area contributed by atoms with Crippen LogP contribution in [0.2, 0.25) is 5.02 Å². The van der Waals surface area contributed by atoms with Crippen LogP contribution in [0.5, 0.6) is 0 Å². The molecule has 1 aromatic heterocycles. The number of nitrogens with one attached hydrogen (secondary N) is 2. The Bertz CT molecular complexity index is 828. The fraction of sp³-hybridized carbons (Fsp3) is 0.556. The van der Waals surface area contributed by atoms with Gasteiger partial charge in [0.1, 0.15) is 0 Å². The maximum absolute atomic E-state index is 12.3. The van der Waals surface area contributed by atoms with Crippen molar-refractivity contribution in [3.63, 3.8) is 0 Å². The summed E-state index contributed by atoms with van der Waals surface area (Å²) in [5.41, 5.74) is 2.27. The van der Waals surface area contributed by atoms with Crippen LogP contribution in [0.15, 0.2) is 24.3 Å². The van der Waals surface area contributed by atoms with Crippen LogP contribution in [0.3, 0.4) is 0 Å². The van der Waals surface area contributed by atoms with Crippen molar-refractivity contribution in [1.29, 1.82) is 0 Å². The van der Waals surface area contributed by atoms with Gasteiger partial charge in [0.2, 0.25) is 10.0 Å². The Kier molecular flexibility index (Phi) is 4.71. The van der Waals surface area contributed by atoms with Gasteiger partial charge in [0.05, 0.1) is 4.75 Å². The maximum atomic E-state index is 12.3. The van der Waals surface area contributed by atoms with Gasteiger partial charge in [0.25, 0.3) is 0 Å². The molecule has 1 aliphatic rings. The largest absolute Gasteiger partial charge is 0.358 e. The number of halogens is 1. The summed E-state index contributed by atoms with van der Waals surface area (Å²) >= 11 is 6.25.